The molecule has 0 amide bonds. The lowest BCUT2D eigenvalue weighted by molar-refractivity contribution is 0.288. The van der Waals surface area contributed by atoms with E-state index in [9.17, 15) is 8.42 Å². The zero-order chi connectivity index (χ0) is 14.5. The number of hydrogen-bond acceptors (Lipinski definition) is 4. The van der Waals surface area contributed by atoms with Crippen LogP contribution in [0.3, 0.4) is 0 Å². The molecule has 0 atom stereocenters. The van der Waals surface area contributed by atoms with E-state index in [1.54, 1.807) is 24.3 Å². The van der Waals surface area contributed by atoms with E-state index in [1.807, 2.05) is 0 Å². The summed E-state index contributed by atoms with van der Waals surface area (Å²) in [5.74, 6) is 0. The highest BCUT2D eigenvalue weighted by molar-refractivity contribution is 7.89. The number of nitrogens with zero attached hydrogens (tertiary/aromatic N) is 1. The number of nitrogens with one attached hydrogen (secondary N) is 1. The summed E-state index contributed by atoms with van der Waals surface area (Å²) in [6.07, 6.45) is 0.689. The SMILES string of the molecule is CNS(=O)(=O)c1ccc(N(CCCO)C(C)C)cc1. The average Bonchev–Trinajstić information content (AvgIpc) is 2.39. The lowest BCUT2D eigenvalue weighted by Crippen LogP contribution is -2.32. The van der Waals surface area contributed by atoms with Gasteiger partial charge in [0.1, 0.15) is 0 Å². The maximum atomic E-state index is 11.6. The van der Waals surface area contributed by atoms with E-state index < -0.39 is 10.0 Å². The molecule has 0 radical (unpaired) electrons. The molecule has 0 saturated heterocycles. The van der Waals surface area contributed by atoms with Crippen LogP contribution in [-0.2, 0) is 10.0 Å². The van der Waals surface area contributed by atoms with Gasteiger partial charge in [-0.1, -0.05) is 0 Å². The Morgan fingerprint density at radius 1 is 1.26 bits per heavy atom. The summed E-state index contributed by atoms with van der Waals surface area (Å²) in [4.78, 5) is 2.39. The first-order valence-electron chi connectivity index (χ1n) is 6.33. The van der Waals surface area contributed by atoms with Gasteiger partial charge in [-0.15, -0.1) is 0 Å². The standard InChI is InChI=1S/C13H22N2O3S/c1-11(2)15(9-4-10-16)12-5-7-13(8-6-12)19(17,18)14-3/h5-8,11,14,16H,4,9-10H2,1-3H3. The van der Waals surface area contributed by atoms with Crippen LogP contribution in [0.2, 0.25) is 0 Å². The normalized spacial score (nSPS) is 11.8. The molecular weight excluding hydrogens is 264 g/mol. The monoisotopic (exact) mass is 286 g/mol. The van der Waals surface area contributed by atoms with Crippen LogP contribution in [0.5, 0.6) is 0 Å². The quantitative estimate of drug-likeness (QED) is 0.790. The fourth-order valence-corrected chi connectivity index (χ4v) is 2.59. The molecule has 0 aliphatic rings. The summed E-state index contributed by atoms with van der Waals surface area (Å²) in [5.41, 5.74) is 0.957. The molecule has 0 bridgehead atoms. The Kier molecular flexibility index (Phi) is 5.78. The van der Waals surface area contributed by atoms with Crippen LogP contribution in [-0.4, -0.2) is 39.8 Å². The maximum Gasteiger partial charge on any atom is 0.240 e. The second kappa shape index (κ2) is 6.88. The van der Waals surface area contributed by atoms with Gasteiger partial charge in [0.15, 0.2) is 0 Å². The van der Waals surface area contributed by atoms with E-state index in [2.05, 4.69) is 23.5 Å². The zero-order valence-electron chi connectivity index (χ0n) is 11.6. The van der Waals surface area contributed by atoms with Gasteiger partial charge in [0.05, 0.1) is 4.90 Å². The van der Waals surface area contributed by atoms with E-state index in [-0.39, 0.29) is 11.5 Å². The van der Waals surface area contributed by atoms with Crippen LogP contribution in [0.1, 0.15) is 20.3 Å². The van der Waals surface area contributed by atoms with E-state index >= 15 is 0 Å². The van der Waals surface area contributed by atoms with Gasteiger partial charge >= 0.3 is 0 Å². The van der Waals surface area contributed by atoms with Crippen molar-refractivity contribution >= 4 is 15.7 Å². The lowest BCUT2D eigenvalue weighted by atomic mass is 10.2. The Balaban J connectivity index is 2.95. The molecule has 2 N–H and O–H groups in total. The van der Waals surface area contributed by atoms with Crippen LogP contribution in [0, 0.1) is 0 Å². The number of aliphatic hydroxyl groups is 1. The minimum absolute atomic E-state index is 0.148. The molecule has 0 aromatic heterocycles. The molecule has 1 rings (SSSR count). The Bertz CT molecular complexity index is 483. The lowest BCUT2D eigenvalue weighted by Gasteiger charge is -2.29. The first kappa shape index (κ1) is 15.9. The molecule has 0 spiro atoms. The van der Waals surface area contributed by atoms with Gasteiger partial charge in [0.2, 0.25) is 10.0 Å². The van der Waals surface area contributed by atoms with Gasteiger partial charge in [-0.3, -0.25) is 0 Å². The Labute approximate surface area is 115 Å². The van der Waals surface area contributed by atoms with Gasteiger partial charge in [0, 0.05) is 24.9 Å². The smallest absolute Gasteiger partial charge is 0.240 e. The van der Waals surface area contributed by atoms with E-state index in [1.165, 1.54) is 7.05 Å². The van der Waals surface area contributed by atoms with Crippen LogP contribution >= 0.6 is 0 Å². The highest BCUT2D eigenvalue weighted by atomic mass is 32.2. The van der Waals surface area contributed by atoms with Gasteiger partial charge in [-0.25, -0.2) is 13.1 Å². The molecule has 5 nitrogen and oxygen atoms in total. The minimum Gasteiger partial charge on any atom is -0.396 e. The van der Waals surface area contributed by atoms with Crippen LogP contribution in [0.25, 0.3) is 0 Å². The molecule has 0 aliphatic carbocycles. The fourth-order valence-electron chi connectivity index (χ4n) is 1.86. The largest absolute Gasteiger partial charge is 0.396 e. The summed E-state index contributed by atoms with van der Waals surface area (Å²) in [7, 11) is -1.99. The molecule has 0 aliphatic heterocycles. The topological polar surface area (TPSA) is 69.6 Å². The second-order valence-electron chi connectivity index (χ2n) is 4.57. The van der Waals surface area contributed by atoms with E-state index in [0.29, 0.717) is 12.5 Å². The Hall–Kier alpha value is -1.11. The van der Waals surface area contributed by atoms with Crippen molar-refractivity contribution in [2.75, 3.05) is 25.1 Å². The van der Waals surface area contributed by atoms with Crippen molar-refractivity contribution in [3.8, 4) is 0 Å². The van der Waals surface area contributed by atoms with Crippen LogP contribution < -0.4 is 9.62 Å². The molecule has 19 heavy (non-hydrogen) atoms. The van der Waals surface area contributed by atoms with Crippen molar-refractivity contribution in [2.24, 2.45) is 0 Å². The number of anilines is 1. The third kappa shape index (κ3) is 4.19. The van der Waals surface area contributed by atoms with Crippen molar-refractivity contribution in [3.05, 3.63) is 24.3 Å². The summed E-state index contributed by atoms with van der Waals surface area (Å²) >= 11 is 0. The molecule has 0 heterocycles. The van der Waals surface area contributed by atoms with Crippen molar-refractivity contribution in [1.82, 2.24) is 4.72 Å². The van der Waals surface area contributed by atoms with Gasteiger partial charge in [-0.2, -0.15) is 0 Å². The van der Waals surface area contributed by atoms with E-state index in [0.717, 1.165) is 12.2 Å². The first-order valence-corrected chi connectivity index (χ1v) is 7.82. The summed E-state index contributed by atoms with van der Waals surface area (Å²) in [6.45, 7) is 5.02. The fraction of sp³-hybridized carbons (Fsp3) is 0.538. The number of hydrogen-bond donors (Lipinski definition) is 2. The highest BCUT2D eigenvalue weighted by Gasteiger charge is 2.13. The Morgan fingerprint density at radius 2 is 1.84 bits per heavy atom. The molecule has 108 valence electrons. The van der Waals surface area contributed by atoms with Gasteiger partial charge < -0.3 is 10.0 Å². The van der Waals surface area contributed by atoms with E-state index in [4.69, 9.17) is 5.11 Å². The first-order chi connectivity index (χ1) is 8.92. The number of benzene rings is 1. The third-order valence-corrected chi connectivity index (χ3v) is 4.36. The zero-order valence-corrected chi connectivity index (χ0v) is 12.4. The predicted molar refractivity (Wildman–Crippen MR) is 76.9 cm³/mol. The van der Waals surface area contributed by atoms with Crippen LogP contribution in [0.4, 0.5) is 5.69 Å². The molecule has 0 unspecified atom stereocenters. The summed E-state index contributed by atoms with van der Waals surface area (Å²) < 4.78 is 25.5. The highest BCUT2D eigenvalue weighted by Crippen LogP contribution is 2.20. The maximum absolute atomic E-state index is 11.6. The Morgan fingerprint density at radius 3 is 2.26 bits per heavy atom. The van der Waals surface area contributed by atoms with Crippen molar-refractivity contribution in [1.29, 1.82) is 0 Å². The van der Waals surface area contributed by atoms with Crippen molar-refractivity contribution in [3.63, 3.8) is 0 Å². The molecule has 6 heteroatoms. The number of sulfonamides is 1. The molecule has 1 aromatic rings. The summed E-state index contributed by atoms with van der Waals surface area (Å²) in [6, 6.07) is 7.06. The number of rotatable bonds is 7. The summed E-state index contributed by atoms with van der Waals surface area (Å²) in [5, 5.41) is 8.91. The third-order valence-electron chi connectivity index (χ3n) is 2.93. The molecule has 0 saturated carbocycles. The molecule has 0 fully saturated rings. The predicted octanol–water partition coefficient (Wildman–Crippen LogP) is 1.19. The van der Waals surface area contributed by atoms with Gasteiger partial charge in [0.25, 0.3) is 0 Å². The van der Waals surface area contributed by atoms with Crippen LogP contribution in [0.15, 0.2) is 29.2 Å². The molecule has 1 aromatic carbocycles. The molecular formula is C13H22N2O3S. The van der Waals surface area contributed by atoms with Gasteiger partial charge in [-0.05, 0) is 51.6 Å². The number of aliphatic hydroxyl groups excluding tert-OH is 1. The van der Waals surface area contributed by atoms with Crippen molar-refractivity contribution < 1.29 is 13.5 Å². The van der Waals surface area contributed by atoms with Crippen molar-refractivity contribution in [2.45, 2.75) is 31.2 Å². The minimum atomic E-state index is -3.39. The second-order valence-corrected chi connectivity index (χ2v) is 6.45. The average molecular weight is 286 g/mol.